The highest BCUT2D eigenvalue weighted by Gasteiger charge is 2.05. The van der Waals surface area contributed by atoms with Gasteiger partial charge in [-0.1, -0.05) is 42.5 Å². The van der Waals surface area contributed by atoms with Crippen molar-refractivity contribution in [3.8, 4) is 0 Å². The molecule has 0 radical (unpaired) electrons. The SMILES string of the molecule is CCNC(=NCCCOC(C)c1ccccc1)NCCc1cccc(C(=O)NC)c1. The Morgan fingerprint density at radius 3 is 2.63 bits per heavy atom. The summed E-state index contributed by atoms with van der Waals surface area (Å²) in [4.78, 5) is 16.4. The van der Waals surface area contributed by atoms with Gasteiger partial charge in [0, 0.05) is 38.9 Å². The van der Waals surface area contributed by atoms with Crippen LogP contribution in [-0.4, -0.2) is 45.2 Å². The first-order valence-electron chi connectivity index (χ1n) is 10.6. The maximum Gasteiger partial charge on any atom is 0.251 e. The molecule has 0 aliphatic rings. The van der Waals surface area contributed by atoms with Crippen molar-refractivity contribution in [3.63, 3.8) is 0 Å². The van der Waals surface area contributed by atoms with Crippen LogP contribution < -0.4 is 16.0 Å². The third kappa shape index (κ3) is 8.25. The average molecular weight is 411 g/mol. The third-order valence-electron chi connectivity index (χ3n) is 4.68. The van der Waals surface area contributed by atoms with Crippen molar-refractivity contribution in [2.24, 2.45) is 4.99 Å². The fraction of sp³-hybridized carbons (Fsp3) is 0.417. The lowest BCUT2D eigenvalue weighted by Crippen LogP contribution is -2.38. The van der Waals surface area contributed by atoms with Crippen LogP contribution in [0.2, 0.25) is 0 Å². The Labute approximate surface area is 180 Å². The molecule has 0 spiro atoms. The predicted octanol–water partition coefficient (Wildman–Crippen LogP) is 3.31. The van der Waals surface area contributed by atoms with E-state index in [4.69, 9.17) is 4.74 Å². The Bertz CT molecular complexity index is 793. The number of hydrogen-bond acceptors (Lipinski definition) is 3. The molecule has 6 heteroatoms. The van der Waals surface area contributed by atoms with Crippen molar-refractivity contribution in [1.29, 1.82) is 0 Å². The van der Waals surface area contributed by atoms with Gasteiger partial charge in [-0.05, 0) is 49.9 Å². The topological polar surface area (TPSA) is 74.8 Å². The van der Waals surface area contributed by atoms with E-state index in [1.165, 1.54) is 5.56 Å². The zero-order chi connectivity index (χ0) is 21.6. The van der Waals surface area contributed by atoms with Gasteiger partial charge >= 0.3 is 0 Å². The van der Waals surface area contributed by atoms with Gasteiger partial charge in [-0.3, -0.25) is 9.79 Å². The van der Waals surface area contributed by atoms with E-state index in [1.54, 1.807) is 7.05 Å². The van der Waals surface area contributed by atoms with E-state index < -0.39 is 0 Å². The van der Waals surface area contributed by atoms with Gasteiger partial charge in [-0.25, -0.2) is 0 Å². The van der Waals surface area contributed by atoms with Crippen LogP contribution in [0.5, 0.6) is 0 Å². The molecule has 0 saturated heterocycles. The van der Waals surface area contributed by atoms with Crippen LogP contribution in [0, 0.1) is 0 Å². The quantitative estimate of drug-likeness (QED) is 0.302. The number of carbonyl (C=O) groups excluding carboxylic acids is 1. The van der Waals surface area contributed by atoms with Gasteiger partial charge < -0.3 is 20.7 Å². The average Bonchev–Trinajstić information content (AvgIpc) is 2.79. The molecule has 3 N–H and O–H groups in total. The molecule has 1 amide bonds. The van der Waals surface area contributed by atoms with Crippen LogP contribution in [0.25, 0.3) is 0 Å². The lowest BCUT2D eigenvalue weighted by atomic mass is 10.1. The Hall–Kier alpha value is -2.86. The molecule has 6 nitrogen and oxygen atoms in total. The summed E-state index contributed by atoms with van der Waals surface area (Å²) in [6, 6.07) is 17.9. The Morgan fingerprint density at radius 2 is 1.90 bits per heavy atom. The number of nitrogens with zero attached hydrogens (tertiary/aromatic N) is 1. The van der Waals surface area contributed by atoms with Gasteiger partial charge in [0.2, 0.25) is 0 Å². The third-order valence-corrected chi connectivity index (χ3v) is 4.68. The summed E-state index contributed by atoms with van der Waals surface area (Å²) < 4.78 is 5.91. The van der Waals surface area contributed by atoms with Gasteiger partial charge in [0.05, 0.1) is 6.10 Å². The van der Waals surface area contributed by atoms with Crippen molar-refractivity contribution in [3.05, 3.63) is 71.3 Å². The Balaban J connectivity index is 1.73. The van der Waals surface area contributed by atoms with Crippen molar-refractivity contribution < 1.29 is 9.53 Å². The lowest BCUT2D eigenvalue weighted by molar-refractivity contribution is 0.0652. The normalized spacial score (nSPS) is 12.3. The summed E-state index contributed by atoms with van der Waals surface area (Å²) in [5.74, 6) is 0.736. The predicted molar refractivity (Wildman–Crippen MR) is 123 cm³/mol. The zero-order valence-electron chi connectivity index (χ0n) is 18.3. The monoisotopic (exact) mass is 410 g/mol. The number of nitrogens with one attached hydrogen (secondary N) is 3. The van der Waals surface area contributed by atoms with Gasteiger partial charge in [0.15, 0.2) is 5.96 Å². The van der Waals surface area contributed by atoms with E-state index >= 15 is 0 Å². The van der Waals surface area contributed by atoms with Crippen molar-refractivity contribution in [2.45, 2.75) is 32.8 Å². The minimum atomic E-state index is -0.0662. The molecule has 2 rings (SSSR count). The highest BCUT2D eigenvalue weighted by molar-refractivity contribution is 5.94. The lowest BCUT2D eigenvalue weighted by Gasteiger charge is -2.14. The minimum absolute atomic E-state index is 0.0662. The molecule has 0 saturated carbocycles. The molecule has 0 heterocycles. The Kier molecular flexibility index (Phi) is 10.4. The van der Waals surface area contributed by atoms with Crippen molar-refractivity contribution in [1.82, 2.24) is 16.0 Å². The van der Waals surface area contributed by atoms with Crippen LogP contribution in [0.3, 0.4) is 0 Å². The summed E-state index contributed by atoms with van der Waals surface area (Å²) >= 11 is 0. The fourth-order valence-corrected chi connectivity index (χ4v) is 3.02. The summed E-state index contributed by atoms with van der Waals surface area (Å²) in [5.41, 5.74) is 2.99. The van der Waals surface area contributed by atoms with E-state index in [-0.39, 0.29) is 12.0 Å². The molecule has 30 heavy (non-hydrogen) atoms. The van der Waals surface area contributed by atoms with Crippen LogP contribution >= 0.6 is 0 Å². The minimum Gasteiger partial charge on any atom is -0.374 e. The highest BCUT2D eigenvalue weighted by Crippen LogP contribution is 2.15. The second kappa shape index (κ2) is 13.4. The number of rotatable bonds is 11. The van der Waals surface area contributed by atoms with Gasteiger partial charge in [0.1, 0.15) is 0 Å². The first kappa shape index (κ1) is 23.4. The largest absolute Gasteiger partial charge is 0.374 e. The second-order valence-corrected chi connectivity index (χ2v) is 6.99. The molecule has 1 atom stereocenters. The standard InChI is InChI=1S/C24H34N4O2/c1-4-26-24(27-15-9-17-30-19(2)21-11-6-5-7-12-21)28-16-14-20-10-8-13-22(18-20)23(29)25-3/h5-8,10-13,18-19H,4,9,14-17H2,1-3H3,(H,25,29)(H2,26,27,28). The van der Waals surface area contributed by atoms with Crippen LogP contribution in [0.15, 0.2) is 59.6 Å². The van der Waals surface area contributed by atoms with Gasteiger partial charge in [-0.15, -0.1) is 0 Å². The molecule has 2 aromatic rings. The number of carbonyl (C=O) groups is 1. The van der Waals surface area contributed by atoms with E-state index in [0.717, 1.165) is 37.5 Å². The first-order valence-corrected chi connectivity index (χ1v) is 10.6. The number of ether oxygens (including phenoxy) is 1. The summed E-state index contributed by atoms with van der Waals surface area (Å²) in [6.07, 6.45) is 1.77. The van der Waals surface area contributed by atoms with E-state index in [0.29, 0.717) is 18.7 Å². The first-order chi connectivity index (χ1) is 14.6. The van der Waals surface area contributed by atoms with E-state index in [9.17, 15) is 4.79 Å². The number of guanidine groups is 1. The van der Waals surface area contributed by atoms with Crippen LogP contribution in [0.1, 0.15) is 47.9 Å². The molecular weight excluding hydrogens is 376 g/mol. The van der Waals surface area contributed by atoms with Gasteiger partial charge in [-0.2, -0.15) is 0 Å². The molecule has 1 unspecified atom stereocenters. The number of benzene rings is 2. The van der Waals surface area contributed by atoms with Crippen LogP contribution in [-0.2, 0) is 11.2 Å². The summed E-state index contributed by atoms with van der Waals surface area (Å²) in [7, 11) is 1.64. The van der Waals surface area contributed by atoms with E-state index in [2.05, 4.69) is 46.9 Å². The fourth-order valence-electron chi connectivity index (χ4n) is 3.02. The summed E-state index contributed by atoms with van der Waals surface area (Å²) in [6.45, 7) is 7.04. The maximum atomic E-state index is 11.8. The highest BCUT2D eigenvalue weighted by atomic mass is 16.5. The van der Waals surface area contributed by atoms with Crippen LogP contribution in [0.4, 0.5) is 0 Å². The Morgan fingerprint density at radius 1 is 1.10 bits per heavy atom. The smallest absolute Gasteiger partial charge is 0.251 e. The molecular formula is C24H34N4O2. The van der Waals surface area contributed by atoms with Gasteiger partial charge in [0.25, 0.3) is 5.91 Å². The maximum absolute atomic E-state index is 11.8. The zero-order valence-corrected chi connectivity index (χ0v) is 18.3. The number of amides is 1. The number of aliphatic imine (C=N–C) groups is 1. The molecule has 0 bridgehead atoms. The molecule has 0 aliphatic carbocycles. The summed E-state index contributed by atoms with van der Waals surface area (Å²) in [5, 5.41) is 9.28. The van der Waals surface area contributed by atoms with Crippen molar-refractivity contribution in [2.75, 3.05) is 33.3 Å². The number of hydrogen-bond donors (Lipinski definition) is 3. The molecule has 0 aliphatic heterocycles. The molecule has 0 fully saturated rings. The molecule has 2 aromatic carbocycles. The van der Waals surface area contributed by atoms with E-state index in [1.807, 2.05) is 42.5 Å². The molecule has 0 aromatic heterocycles. The molecule has 162 valence electrons. The second-order valence-electron chi connectivity index (χ2n) is 6.99. The van der Waals surface area contributed by atoms with Crippen molar-refractivity contribution >= 4 is 11.9 Å².